The number of hydrogen-bond donors (Lipinski definition) is 0. The van der Waals surface area contributed by atoms with Gasteiger partial charge in [0.2, 0.25) is 0 Å². The molecule has 0 spiro atoms. The summed E-state index contributed by atoms with van der Waals surface area (Å²) in [5.74, 6) is 1.33. The van der Waals surface area contributed by atoms with Crippen molar-refractivity contribution < 1.29 is 14.3 Å². The zero-order valence-electron chi connectivity index (χ0n) is 18.3. The summed E-state index contributed by atoms with van der Waals surface area (Å²) in [5.41, 5.74) is 3.96. The van der Waals surface area contributed by atoms with Gasteiger partial charge in [0.25, 0.3) is 0 Å². The van der Waals surface area contributed by atoms with E-state index in [-0.39, 0.29) is 5.78 Å². The van der Waals surface area contributed by atoms with E-state index in [0.717, 1.165) is 53.8 Å². The van der Waals surface area contributed by atoms with E-state index in [1.54, 1.807) is 26.4 Å². The molecular formula is C25H27N3O3. The number of ether oxygens (including phenoxy) is 2. The average molecular weight is 418 g/mol. The molecule has 4 rings (SSSR count). The molecule has 0 radical (unpaired) electrons. The number of likely N-dealkylation sites (tertiary alicyclic amines) is 1. The summed E-state index contributed by atoms with van der Waals surface area (Å²) in [4.78, 5) is 19.2. The molecule has 6 heteroatoms. The van der Waals surface area contributed by atoms with Crippen molar-refractivity contribution in [1.29, 1.82) is 0 Å². The summed E-state index contributed by atoms with van der Waals surface area (Å²) in [7, 11) is 3.21. The standard InChI is InChI=1S/C25H27N3O3/c1-17-25(22(29)16-27-12-6-5-7-13-27)20-14-23(30-3)24(31-4)15-21(20)28(17)19-10-8-18(26-2)9-11-19/h8-11,14-15H,5-7,12-13,16H2,1,3-4H3. The fourth-order valence-electron chi connectivity index (χ4n) is 4.50. The maximum Gasteiger partial charge on any atom is 0.187 e. The summed E-state index contributed by atoms with van der Waals surface area (Å²) in [6.45, 7) is 11.6. The van der Waals surface area contributed by atoms with E-state index in [2.05, 4.69) is 14.3 Å². The number of carbonyl (C=O) groups is 1. The molecule has 0 unspecified atom stereocenters. The second kappa shape index (κ2) is 8.83. The fraction of sp³-hybridized carbons (Fsp3) is 0.360. The Morgan fingerprint density at radius 1 is 1.03 bits per heavy atom. The van der Waals surface area contributed by atoms with Crippen molar-refractivity contribution in [1.82, 2.24) is 9.47 Å². The quantitative estimate of drug-likeness (QED) is 0.410. The predicted octanol–water partition coefficient (Wildman–Crippen LogP) is 5.18. The number of hydrogen-bond acceptors (Lipinski definition) is 4. The lowest BCUT2D eigenvalue weighted by Crippen LogP contribution is -2.34. The molecule has 1 aliphatic rings. The van der Waals surface area contributed by atoms with E-state index in [1.165, 1.54) is 6.42 Å². The van der Waals surface area contributed by atoms with E-state index in [9.17, 15) is 4.79 Å². The zero-order chi connectivity index (χ0) is 22.0. The van der Waals surface area contributed by atoms with Gasteiger partial charge in [-0.2, -0.15) is 0 Å². The maximum absolute atomic E-state index is 13.5. The Labute approximate surface area is 182 Å². The van der Waals surface area contributed by atoms with Crippen LogP contribution >= 0.6 is 0 Å². The smallest absolute Gasteiger partial charge is 0.187 e. The minimum Gasteiger partial charge on any atom is -0.493 e. The van der Waals surface area contributed by atoms with Gasteiger partial charge in [0.05, 0.1) is 32.9 Å². The first kappa shape index (κ1) is 21.0. The number of aromatic nitrogens is 1. The molecule has 0 N–H and O–H groups in total. The van der Waals surface area contributed by atoms with Crippen molar-refractivity contribution in [3.63, 3.8) is 0 Å². The molecule has 0 saturated carbocycles. The molecule has 2 heterocycles. The Morgan fingerprint density at radius 2 is 1.68 bits per heavy atom. The second-order valence-corrected chi connectivity index (χ2v) is 7.91. The topological polar surface area (TPSA) is 48.1 Å². The number of rotatable bonds is 6. The van der Waals surface area contributed by atoms with Gasteiger partial charge in [-0.3, -0.25) is 9.69 Å². The number of benzene rings is 2. The lowest BCUT2D eigenvalue weighted by atomic mass is 10.0. The first-order chi connectivity index (χ1) is 15.1. The van der Waals surface area contributed by atoms with Gasteiger partial charge in [-0.1, -0.05) is 18.6 Å². The van der Waals surface area contributed by atoms with Crippen LogP contribution in [0.4, 0.5) is 5.69 Å². The van der Waals surface area contributed by atoms with Crippen molar-refractivity contribution in [2.75, 3.05) is 33.9 Å². The Hall–Kier alpha value is -3.30. The maximum atomic E-state index is 13.5. The molecule has 1 aliphatic heterocycles. The van der Waals surface area contributed by atoms with Gasteiger partial charge in [0, 0.05) is 28.4 Å². The van der Waals surface area contributed by atoms with Crippen molar-refractivity contribution >= 4 is 22.4 Å². The van der Waals surface area contributed by atoms with Crippen LogP contribution in [0.1, 0.15) is 35.3 Å². The minimum absolute atomic E-state index is 0.119. The number of methoxy groups -OCH3 is 2. The highest BCUT2D eigenvalue weighted by molar-refractivity contribution is 6.11. The van der Waals surface area contributed by atoms with E-state index in [0.29, 0.717) is 23.7 Å². The van der Waals surface area contributed by atoms with Crippen LogP contribution in [0.5, 0.6) is 11.5 Å². The Balaban J connectivity index is 1.88. The van der Waals surface area contributed by atoms with Crippen LogP contribution < -0.4 is 9.47 Å². The second-order valence-electron chi connectivity index (χ2n) is 7.91. The van der Waals surface area contributed by atoms with E-state index in [1.807, 2.05) is 31.2 Å². The molecule has 0 amide bonds. The Bertz CT molecular complexity index is 1150. The van der Waals surface area contributed by atoms with Crippen molar-refractivity contribution in [2.45, 2.75) is 26.2 Å². The van der Waals surface area contributed by atoms with Crippen LogP contribution in [-0.4, -0.2) is 49.1 Å². The number of ketones is 1. The lowest BCUT2D eigenvalue weighted by molar-refractivity contribution is 0.0916. The number of nitrogens with zero attached hydrogens (tertiary/aromatic N) is 3. The Morgan fingerprint density at radius 3 is 2.29 bits per heavy atom. The number of Topliss-reactive ketones (excluding diaryl/α,β-unsaturated/α-hetero) is 1. The normalized spacial score (nSPS) is 14.4. The number of carbonyl (C=O) groups excluding carboxylic acids is 1. The molecule has 1 saturated heterocycles. The third-order valence-corrected chi connectivity index (χ3v) is 6.04. The molecule has 0 aliphatic carbocycles. The zero-order valence-corrected chi connectivity index (χ0v) is 18.3. The van der Waals surface area contributed by atoms with Gasteiger partial charge in [-0.25, -0.2) is 4.85 Å². The van der Waals surface area contributed by atoms with Crippen LogP contribution in [0.3, 0.4) is 0 Å². The van der Waals surface area contributed by atoms with Gasteiger partial charge in [-0.15, -0.1) is 0 Å². The SMILES string of the molecule is [C-]#[N+]c1ccc(-n2c(C)c(C(=O)CN3CCCCC3)c3cc(OC)c(OC)cc32)cc1. The highest BCUT2D eigenvalue weighted by atomic mass is 16.5. The van der Waals surface area contributed by atoms with Crippen molar-refractivity contribution in [2.24, 2.45) is 0 Å². The molecule has 1 fully saturated rings. The van der Waals surface area contributed by atoms with E-state index in [4.69, 9.17) is 16.0 Å². The van der Waals surface area contributed by atoms with Gasteiger partial charge < -0.3 is 14.0 Å². The third kappa shape index (κ3) is 3.89. The Kier molecular flexibility index (Phi) is 5.97. The number of piperidine rings is 1. The predicted molar refractivity (Wildman–Crippen MR) is 122 cm³/mol. The molecule has 1 aromatic heterocycles. The van der Waals surface area contributed by atoms with Crippen LogP contribution in [0, 0.1) is 13.5 Å². The first-order valence-electron chi connectivity index (χ1n) is 10.6. The third-order valence-electron chi connectivity index (χ3n) is 6.04. The molecule has 3 aromatic rings. The van der Waals surface area contributed by atoms with Crippen LogP contribution in [-0.2, 0) is 0 Å². The summed E-state index contributed by atoms with van der Waals surface area (Å²) >= 11 is 0. The molecule has 160 valence electrons. The molecule has 31 heavy (non-hydrogen) atoms. The molecule has 0 atom stereocenters. The van der Waals surface area contributed by atoms with Crippen molar-refractivity contribution in [3.05, 3.63) is 59.1 Å². The van der Waals surface area contributed by atoms with Crippen molar-refractivity contribution in [3.8, 4) is 17.2 Å². The van der Waals surface area contributed by atoms with Gasteiger partial charge in [0.15, 0.2) is 23.0 Å². The van der Waals surface area contributed by atoms with Crippen LogP contribution in [0.15, 0.2) is 36.4 Å². The highest BCUT2D eigenvalue weighted by Gasteiger charge is 2.25. The largest absolute Gasteiger partial charge is 0.493 e. The van der Waals surface area contributed by atoms with Gasteiger partial charge in [-0.05, 0) is 51.1 Å². The van der Waals surface area contributed by atoms with E-state index >= 15 is 0 Å². The first-order valence-corrected chi connectivity index (χ1v) is 10.6. The number of fused-ring (bicyclic) bond motifs is 1. The molecule has 0 bridgehead atoms. The average Bonchev–Trinajstić information content (AvgIpc) is 3.09. The summed E-state index contributed by atoms with van der Waals surface area (Å²) in [6, 6.07) is 11.2. The highest BCUT2D eigenvalue weighted by Crippen LogP contribution is 2.38. The summed E-state index contributed by atoms with van der Waals surface area (Å²) in [6.07, 6.45) is 3.53. The van der Waals surface area contributed by atoms with Crippen LogP contribution in [0.2, 0.25) is 0 Å². The van der Waals surface area contributed by atoms with Crippen LogP contribution in [0.25, 0.3) is 21.4 Å². The summed E-state index contributed by atoms with van der Waals surface area (Å²) in [5, 5.41) is 0.853. The molecular weight excluding hydrogens is 390 g/mol. The van der Waals surface area contributed by atoms with Gasteiger partial charge >= 0.3 is 0 Å². The molecule has 2 aromatic carbocycles. The minimum atomic E-state index is 0.119. The summed E-state index contributed by atoms with van der Waals surface area (Å²) < 4.78 is 13.1. The monoisotopic (exact) mass is 417 g/mol. The van der Waals surface area contributed by atoms with Gasteiger partial charge in [0.1, 0.15) is 0 Å². The lowest BCUT2D eigenvalue weighted by Gasteiger charge is -2.25. The van der Waals surface area contributed by atoms with E-state index < -0.39 is 0 Å². The molecule has 6 nitrogen and oxygen atoms in total. The fourth-order valence-corrected chi connectivity index (χ4v) is 4.50.